The Morgan fingerprint density at radius 3 is 2.75 bits per heavy atom. The molecule has 7 heteroatoms. The summed E-state index contributed by atoms with van der Waals surface area (Å²) in [7, 11) is -3.55. The third kappa shape index (κ3) is 5.31. The monoisotopic (exact) mass is 462 g/mol. The molecule has 0 fully saturated rings. The minimum absolute atomic E-state index is 0.153. The molecule has 148 valence electrons. The van der Waals surface area contributed by atoms with Gasteiger partial charge in [0.25, 0.3) is 0 Å². The van der Waals surface area contributed by atoms with Crippen LogP contribution in [0.1, 0.15) is 36.5 Å². The zero-order chi connectivity index (χ0) is 20.1. The van der Waals surface area contributed by atoms with Crippen molar-refractivity contribution >= 4 is 43.6 Å². The third-order valence-corrected chi connectivity index (χ3v) is 6.09. The van der Waals surface area contributed by atoms with Crippen LogP contribution in [0.25, 0.3) is 6.08 Å². The Labute approximate surface area is 174 Å². The van der Waals surface area contributed by atoms with Crippen LogP contribution in [-0.4, -0.2) is 20.9 Å². The molecule has 1 aliphatic rings. The lowest BCUT2D eigenvalue weighted by molar-refractivity contribution is -0.118. The van der Waals surface area contributed by atoms with Crippen molar-refractivity contribution in [2.75, 3.05) is 11.4 Å². The molecule has 1 N–H and O–H groups in total. The zero-order valence-corrected chi connectivity index (χ0v) is 18.1. The number of nitrogens with zero attached hydrogens (tertiary/aromatic N) is 1. The molecule has 2 aromatic rings. The molecule has 0 saturated heterocycles. The van der Waals surface area contributed by atoms with E-state index in [4.69, 9.17) is 0 Å². The molecular formula is C21H23BrN2O3S. The highest BCUT2D eigenvalue weighted by Crippen LogP contribution is 2.29. The lowest BCUT2D eigenvalue weighted by atomic mass is 9.98. The van der Waals surface area contributed by atoms with E-state index in [9.17, 15) is 13.2 Å². The first-order valence-electron chi connectivity index (χ1n) is 9.23. The van der Waals surface area contributed by atoms with Gasteiger partial charge in [-0.25, -0.2) is 13.1 Å². The van der Waals surface area contributed by atoms with Crippen molar-refractivity contribution < 1.29 is 13.2 Å². The van der Waals surface area contributed by atoms with Gasteiger partial charge in [-0.1, -0.05) is 47.1 Å². The van der Waals surface area contributed by atoms with E-state index in [1.807, 2.05) is 54.3 Å². The number of hydrogen-bond donors (Lipinski definition) is 1. The third-order valence-electron chi connectivity index (χ3n) is 4.56. The van der Waals surface area contributed by atoms with Crippen molar-refractivity contribution in [3.05, 3.63) is 69.0 Å². The minimum Gasteiger partial charge on any atom is -0.312 e. The van der Waals surface area contributed by atoms with E-state index in [1.165, 1.54) is 5.41 Å². The van der Waals surface area contributed by atoms with Gasteiger partial charge in [0.15, 0.2) is 0 Å². The maximum Gasteiger partial charge on any atom is 0.234 e. The minimum atomic E-state index is -3.55. The number of sulfonamides is 1. The summed E-state index contributed by atoms with van der Waals surface area (Å²) in [4.78, 5) is 13.9. The molecule has 0 radical (unpaired) electrons. The first-order valence-corrected chi connectivity index (χ1v) is 11.6. The molecule has 0 atom stereocenters. The number of benzene rings is 2. The number of hydrogen-bond acceptors (Lipinski definition) is 3. The molecule has 0 saturated carbocycles. The Hall–Kier alpha value is -1.96. The van der Waals surface area contributed by atoms with Gasteiger partial charge in [0, 0.05) is 35.1 Å². The van der Waals surface area contributed by atoms with Crippen LogP contribution < -0.4 is 9.62 Å². The standard InChI is InChI=1S/C21H23BrN2O3S/c1-2-11-24-20-8-6-17(13-18(20)7-9-21(24)25)15-23-28(26,27)12-10-16-4-3-5-19(22)14-16/h3-6,8,10,12-14,23H,2,7,9,11,15H2,1H3. The molecule has 1 heterocycles. The first-order chi connectivity index (χ1) is 13.4. The molecule has 3 rings (SSSR count). The zero-order valence-electron chi connectivity index (χ0n) is 15.7. The van der Waals surface area contributed by atoms with Crippen molar-refractivity contribution in [2.24, 2.45) is 0 Å². The summed E-state index contributed by atoms with van der Waals surface area (Å²) >= 11 is 3.37. The molecule has 28 heavy (non-hydrogen) atoms. The van der Waals surface area contributed by atoms with Crippen LogP contribution in [-0.2, 0) is 27.8 Å². The number of anilines is 1. The van der Waals surface area contributed by atoms with Gasteiger partial charge in [0.1, 0.15) is 0 Å². The molecule has 0 aromatic heterocycles. The summed E-state index contributed by atoms with van der Waals surface area (Å²) in [5.41, 5.74) is 3.71. The second kappa shape index (κ2) is 9.03. The number of halogens is 1. The summed E-state index contributed by atoms with van der Waals surface area (Å²) in [6.45, 7) is 2.96. The highest BCUT2D eigenvalue weighted by Gasteiger charge is 2.23. The fraction of sp³-hybridized carbons (Fsp3) is 0.286. The molecule has 0 bridgehead atoms. The Bertz CT molecular complexity index is 1000. The number of carbonyl (C=O) groups is 1. The van der Waals surface area contributed by atoms with Crippen LogP contribution in [0.2, 0.25) is 0 Å². The molecule has 2 aromatic carbocycles. The largest absolute Gasteiger partial charge is 0.312 e. The van der Waals surface area contributed by atoms with Crippen LogP contribution in [0.15, 0.2) is 52.3 Å². The molecule has 0 spiro atoms. The first kappa shape index (κ1) is 20.8. The predicted octanol–water partition coefficient (Wildman–Crippen LogP) is 4.23. The van der Waals surface area contributed by atoms with Crippen molar-refractivity contribution in [1.82, 2.24) is 4.72 Å². The van der Waals surface area contributed by atoms with Gasteiger partial charge < -0.3 is 4.90 Å². The average Bonchev–Trinajstić information content (AvgIpc) is 2.67. The Balaban J connectivity index is 1.68. The molecule has 5 nitrogen and oxygen atoms in total. The fourth-order valence-corrected chi connectivity index (χ4v) is 4.42. The summed E-state index contributed by atoms with van der Waals surface area (Å²) in [5, 5.41) is 1.18. The number of rotatable bonds is 7. The van der Waals surface area contributed by atoms with Crippen LogP contribution in [0, 0.1) is 0 Å². The molecular weight excluding hydrogens is 440 g/mol. The molecule has 1 amide bonds. The highest BCUT2D eigenvalue weighted by molar-refractivity contribution is 9.10. The quantitative estimate of drug-likeness (QED) is 0.669. The molecule has 0 aliphatic carbocycles. The summed E-state index contributed by atoms with van der Waals surface area (Å²) in [6, 6.07) is 13.2. The summed E-state index contributed by atoms with van der Waals surface area (Å²) < 4.78 is 28.0. The number of fused-ring (bicyclic) bond motifs is 1. The summed E-state index contributed by atoms with van der Waals surface area (Å²) in [5.74, 6) is 0.153. The second-order valence-electron chi connectivity index (χ2n) is 6.73. The maximum absolute atomic E-state index is 12.3. The Morgan fingerprint density at radius 2 is 2.00 bits per heavy atom. The average molecular weight is 463 g/mol. The van der Waals surface area contributed by atoms with Crippen LogP contribution >= 0.6 is 15.9 Å². The SMILES string of the molecule is CCCN1C(=O)CCc2cc(CNS(=O)(=O)C=Cc3cccc(Br)c3)ccc21. The maximum atomic E-state index is 12.3. The number of aryl methyl sites for hydroxylation is 1. The van der Waals surface area contributed by atoms with Crippen LogP contribution in [0.4, 0.5) is 5.69 Å². The molecule has 0 unspecified atom stereocenters. The topological polar surface area (TPSA) is 66.5 Å². The normalized spacial score (nSPS) is 14.5. The van der Waals surface area contributed by atoms with Crippen molar-refractivity contribution in [1.29, 1.82) is 0 Å². The fourth-order valence-electron chi connectivity index (χ4n) is 3.20. The van der Waals surface area contributed by atoms with Gasteiger partial charge in [-0.15, -0.1) is 0 Å². The van der Waals surface area contributed by atoms with Crippen molar-refractivity contribution in [3.8, 4) is 0 Å². The van der Waals surface area contributed by atoms with E-state index >= 15 is 0 Å². The lowest BCUT2D eigenvalue weighted by Gasteiger charge is -2.29. The number of carbonyl (C=O) groups excluding carboxylic acids is 1. The van der Waals surface area contributed by atoms with Crippen molar-refractivity contribution in [3.63, 3.8) is 0 Å². The molecule has 1 aliphatic heterocycles. The van der Waals surface area contributed by atoms with Gasteiger partial charge in [-0.2, -0.15) is 0 Å². The predicted molar refractivity (Wildman–Crippen MR) is 116 cm³/mol. The van der Waals surface area contributed by atoms with Gasteiger partial charge >= 0.3 is 0 Å². The van der Waals surface area contributed by atoms with E-state index in [0.717, 1.165) is 33.3 Å². The van der Waals surface area contributed by atoms with Gasteiger partial charge in [-0.05, 0) is 53.8 Å². The van der Waals surface area contributed by atoms with Crippen LogP contribution in [0.3, 0.4) is 0 Å². The van der Waals surface area contributed by atoms with Crippen LogP contribution in [0.5, 0.6) is 0 Å². The number of nitrogens with one attached hydrogen (secondary N) is 1. The van der Waals surface area contributed by atoms with E-state index in [-0.39, 0.29) is 12.5 Å². The summed E-state index contributed by atoms with van der Waals surface area (Å²) in [6.07, 6.45) is 3.65. The van der Waals surface area contributed by atoms with E-state index in [2.05, 4.69) is 20.7 Å². The van der Waals surface area contributed by atoms with Gasteiger partial charge in [0.05, 0.1) is 0 Å². The van der Waals surface area contributed by atoms with E-state index in [0.29, 0.717) is 19.4 Å². The van der Waals surface area contributed by atoms with Crippen molar-refractivity contribution in [2.45, 2.75) is 32.7 Å². The Kier molecular flexibility index (Phi) is 6.69. The number of amides is 1. The van der Waals surface area contributed by atoms with E-state index < -0.39 is 10.0 Å². The van der Waals surface area contributed by atoms with E-state index in [1.54, 1.807) is 6.08 Å². The van der Waals surface area contributed by atoms with Gasteiger partial charge in [-0.3, -0.25) is 4.79 Å². The smallest absolute Gasteiger partial charge is 0.234 e. The highest BCUT2D eigenvalue weighted by atomic mass is 79.9. The van der Waals surface area contributed by atoms with Gasteiger partial charge in [0.2, 0.25) is 15.9 Å². The Morgan fingerprint density at radius 1 is 1.18 bits per heavy atom. The lowest BCUT2D eigenvalue weighted by Crippen LogP contribution is -2.35. The second-order valence-corrected chi connectivity index (χ2v) is 9.30.